The van der Waals surface area contributed by atoms with E-state index in [1.54, 1.807) is 6.92 Å². The molecule has 2 N–H and O–H groups in total. The first kappa shape index (κ1) is 13.7. The molecule has 0 amide bonds. The number of β-amino-alcohol motifs (C(OH)–C–C–N with tert-alkyl or cyclic N) is 1. The number of nitrogens with zero attached hydrogens (tertiary/aromatic N) is 1. The molecule has 0 radical (unpaired) electrons. The highest BCUT2D eigenvalue weighted by molar-refractivity contribution is 7.91. The summed E-state index contributed by atoms with van der Waals surface area (Å²) in [7, 11) is -3.67. The summed E-state index contributed by atoms with van der Waals surface area (Å²) in [6.45, 7) is 3.93. The second-order valence-electron chi connectivity index (χ2n) is 4.62. The predicted octanol–water partition coefficient (Wildman–Crippen LogP) is 0.136. The van der Waals surface area contributed by atoms with Crippen molar-refractivity contribution < 1.29 is 13.5 Å². The number of aryl methyl sites for hydroxylation is 1. The number of aliphatic hydroxyl groups excluding tert-OH is 1. The molecule has 2 unspecified atom stereocenters. The number of sulfonamides is 1. The van der Waals surface area contributed by atoms with Crippen LogP contribution in [-0.4, -0.2) is 42.0 Å². The van der Waals surface area contributed by atoms with Crippen LogP contribution >= 0.6 is 11.3 Å². The summed E-state index contributed by atoms with van der Waals surface area (Å²) >= 11 is 0.695. The van der Waals surface area contributed by atoms with Gasteiger partial charge in [0.15, 0.2) is 4.21 Å². The molecule has 1 aromatic heterocycles. The van der Waals surface area contributed by atoms with Crippen LogP contribution < -0.4 is 4.87 Å². The van der Waals surface area contributed by atoms with Gasteiger partial charge in [0.2, 0.25) is 0 Å². The van der Waals surface area contributed by atoms with Crippen LogP contribution in [0.15, 0.2) is 9.00 Å². The third-order valence-corrected chi connectivity index (χ3v) is 6.68. The molecule has 8 heteroatoms. The summed E-state index contributed by atoms with van der Waals surface area (Å²) in [5, 5.41) is 9.76. The van der Waals surface area contributed by atoms with Gasteiger partial charge in [0.25, 0.3) is 10.0 Å². The number of hydrogen-bond acceptors (Lipinski definition) is 5. The maximum atomic E-state index is 12.3. The number of piperidine rings is 1. The molecule has 102 valence electrons. The molecule has 2 atom stereocenters. The molecule has 1 fully saturated rings. The van der Waals surface area contributed by atoms with Crippen LogP contribution in [0.1, 0.15) is 19.0 Å². The Bertz CT molecular complexity index is 589. The highest BCUT2D eigenvalue weighted by Gasteiger charge is 2.34. The molecule has 1 saturated heterocycles. The van der Waals surface area contributed by atoms with Crippen LogP contribution in [0.5, 0.6) is 0 Å². The molecule has 18 heavy (non-hydrogen) atoms. The standard InChI is InChI=1S/C10H16N2O4S2/c1-6-3-4-12(5-8(6)13)18(15,16)9-7(2)11-10(14)17-9/h6,8,13H,3-5H2,1-2H3,(H,11,14). The number of rotatable bonds is 2. The van der Waals surface area contributed by atoms with Crippen molar-refractivity contribution in [2.45, 2.75) is 30.6 Å². The van der Waals surface area contributed by atoms with Gasteiger partial charge in [-0.1, -0.05) is 18.3 Å². The molecule has 0 saturated carbocycles. The van der Waals surface area contributed by atoms with Crippen LogP contribution in [0.3, 0.4) is 0 Å². The van der Waals surface area contributed by atoms with E-state index in [-0.39, 0.29) is 21.5 Å². The van der Waals surface area contributed by atoms with Crippen LogP contribution in [-0.2, 0) is 10.0 Å². The van der Waals surface area contributed by atoms with Crippen LogP contribution in [0, 0.1) is 12.8 Å². The topological polar surface area (TPSA) is 90.5 Å². The van der Waals surface area contributed by atoms with Gasteiger partial charge in [-0.2, -0.15) is 4.31 Å². The first-order valence-corrected chi connectivity index (χ1v) is 7.96. The van der Waals surface area contributed by atoms with E-state index < -0.39 is 16.1 Å². The van der Waals surface area contributed by atoms with E-state index in [1.165, 1.54) is 4.31 Å². The van der Waals surface area contributed by atoms with Gasteiger partial charge in [0.05, 0.1) is 6.10 Å². The zero-order valence-corrected chi connectivity index (χ0v) is 11.8. The van der Waals surface area contributed by atoms with Crippen LogP contribution in [0.25, 0.3) is 0 Å². The summed E-state index contributed by atoms with van der Waals surface area (Å²) in [6, 6.07) is 0. The van der Waals surface area contributed by atoms with Crippen molar-refractivity contribution in [1.29, 1.82) is 0 Å². The molecule has 0 aromatic carbocycles. The van der Waals surface area contributed by atoms with E-state index in [9.17, 15) is 18.3 Å². The van der Waals surface area contributed by atoms with Crippen molar-refractivity contribution in [3.05, 3.63) is 15.4 Å². The minimum Gasteiger partial charge on any atom is -0.391 e. The summed E-state index contributed by atoms with van der Waals surface area (Å²) in [4.78, 5) is 13.3. The first-order chi connectivity index (χ1) is 8.32. The Kier molecular flexibility index (Phi) is 3.63. The van der Waals surface area contributed by atoms with Crippen molar-refractivity contribution in [2.75, 3.05) is 13.1 Å². The highest BCUT2D eigenvalue weighted by Crippen LogP contribution is 2.26. The monoisotopic (exact) mass is 292 g/mol. The Morgan fingerprint density at radius 1 is 1.50 bits per heavy atom. The van der Waals surface area contributed by atoms with Gasteiger partial charge in [-0.25, -0.2) is 8.42 Å². The Balaban J connectivity index is 2.32. The fourth-order valence-electron chi connectivity index (χ4n) is 1.99. The molecule has 1 aliphatic heterocycles. The predicted molar refractivity (Wildman–Crippen MR) is 68.2 cm³/mol. The van der Waals surface area contributed by atoms with Gasteiger partial charge in [0.1, 0.15) is 0 Å². The minimum atomic E-state index is -3.67. The number of nitrogens with one attached hydrogen (secondary N) is 1. The van der Waals surface area contributed by atoms with Gasteiger partial charge in [-0.15, -0.1) is 0 Å². The zero-order chi connectivity index (χ0) is 13.5. The summed E-state index contributed by atoms with van der Waals surface area (Å²) in [5.41, 5.74) is 0.359. The maximum absolute atomic E-state index is 12.3. The average Bonchev–Trinajstić information content (AvgIpc) is 2.62. The minimum absolute atomic E-state index is 0.0502. The van der Waals surface area contributed by atoms with Gasteiger partial charge >= 0.3 is 4.87 Å². The normalized spacial score (nSPS) is 26.4. The Morgan fingerprint density at radius 2 is 2.17 bits per heavy atom. The lowest BCUT2D eigenvalue weighted by Gasteiger charge is -2.33. The van der Waals surface area contributed by atoms with Crippen LogP contribution in [0.4, 0.5) is 0 Å². The van der Waals surface area contributed by atoms with E-state index in [1.807, 2.05) is 6.92 Å². The lowest BCUT2D eigenvalue weighted by atomic mass is 9.98. The number of aromatic nitrogens is 1. The Morgan fingerprint density at radius 3 is 2.67 bits per heavy atom. The smallest absolute Gasteiger partial charge is 0.305 e. The third-order valence-electron chi connectivity index (χ3n) is 3.24. The molecule has 2 heterocycles. The van der Waals surface area contributed by atoms with Gasteiger partial charge in [-0.3, -0.25) is 4.79 Å². The SMILES string of the molecule is Cc1[nH]c(=O)sc1S(=O)(=O)N1CCC(C)C(O)C1. The van der Waals surface area contributed by atoms with Crippen molar-refractivity contribution in [2.24, 2.45) is 5.92 Å². The number of hydrogen-bond donors (Lipinski definition) is 2. The molecule has 0 aliphatic carbocycles. The third kappa shape index (κ3) is 2.37. The quantitative estimate of drug-likeness (QED) is 0.811. The second-order valence-corrected chi connectivity index (χ2v) is 7.74. The largest absolute Gasteiger partial charge is 0.391 e. The maximum Gasteiger partial charge on any atom is 0.305 e. The van der Waals surface area contributed by atoms with Crippen molar-refractivity contribution in [3.8, 4) is 0 Å². The van der Waals surface area contributed by atoms with Gasteiger partial charge in [0, 0.05) is 18.8 Å². The lowest BCUT2D eigenvalue weighted by molar-refractivity contribution is 0.0605. The number of aromatic amines is 1. The van der Waals surface area contributed by atoms with Gasteiger partial charge < -0.3 is 10.1 Å². The fourth-order valence-corrected chi connectivity index (χ4v) is 4.90. The first-order valence-electron chi connectivity index (χ1n) is 5.70. The summed E-state index contributed by atoms with van der Waals surface area (Å²) in [5.74, 6) is 0.0996. The molecule has 0 bridgehead atoms. The van der Waals surface area contributed by atoms with E-state index in [4.69, 9.17) is 0 Å². The molecular weight excluding hydrogens is 276 g/mol. The van der Waals surface area contributed by atoms with E-state index in [0.29, 0.717) is 30.0 Å². The molecule has 2 rings (SSSR count). The van der Waals surface area contributed by atoms with Crippen molar-refractivity contribution in [3.63, 3.8) is 0 Å². The Hall–Kier alpha value is -0.700. The second kappa shape index (κ2) is 4.76. The molecular formula is C10H16N2O4S2. The lowest BCUT2D eigenvalue weighted by Crippen LogP contribution is -2.45. The number of aliphatic hydroxyl groups is 1. The van der Waals surface area contributed by atoms with Gasteiger partial charge in [-0.05, 0) is 19.3 Å². The average molecular weight is 292 g/mol. The van der Waals surface area contributed by atoms with Crippen molar-refractivity contribution in [1.82, 2.24) is 9.29 Å². The fraction of sp³-hybridized carbons (Fsp3) is 0.700. The number of thiazole rings is 1. The van der Waals surface area contributed by atoms with Crippen molar-refractivity contribution >= 4 is 21.4 Å². The summed E-state index contributed by atoms with van der Waals surface area (Å²) < 4.78 is 26.0. The Labute approximate surface area is 109 Å². The van der Waals surface area contributed by atoms with E-state index in [2.05, 4.69) is 4.98 Å². The molecule has 6 nitrogen and oxygen atoms in total. The highest BCUT2D eigenvalue weighted by atomic mass is 32.2. The number of H-pyrrole nitrogens is 1. The molecule has 1 aromatic rings. The zero-order valence-electron chi connectivity index (χ0n) is 10.2. The van der Waals surface area contributed by atoms with Crippen LogP contribution in [0.2, 0.25) is 0 Å². The molecule has 1 aliphatic rings. The molecule has 0 spiro atoms. The van der Waals surface area contributed by atoms with E-state index in [0.717, 1.165) is 0 Å². The summed E-state index contributed by atoms with van der Waals surface area (Å²) in [6.07, 6.45) is -0.0248. The van der Waals surface area contributed by atoms with E-state index >= 15 is 0 Å².